The zero-order valence-corrected chi connectivity index (χ0v) is 17.9. The summed E-state index contributed by atoms with van der Waals surface area (Å²) in [6.07, 6.45) is 3.41. The number of rotatable bonds is 6. The van der Waals surface area contributed by atoms with Gasteiger partial charge in [0.15, 0.2) is 6.20 Å². The number of esters is 1. The molecule has 2 aromatic carbocycles. The van der Waals surface area contributed by atoms with E-state index >= 15 is 0 Å². The minimum atomic E-state index is -0.210. The van der Waals surface area contributed by atoms with Crippen molar-refractivity contribution in [2.24, 2.45) is 5.92 Å². The molecule has 1 saturated heterocycles. The number of nitrogens with one attached hydrogen (secondary N) is 1. The normalized spacial score (nSPS) is 16.2. The fourth-order valence-electron chi connectivity index (χ4n) is 4.23. The number of anilines is 1. The summed E-state index contributed by atoms with van der Waals surface area (Å²) in [5.41, 5.74) is 2.93. The Morgan fingerprint density at radius 2 is 1.97 bits per heavy atom. The average molecular weight is 420 g/mol. The van der Waals surface area contributed by atoms with Gasteiger partial charge in [-0.25, -0.2) is 4.98 Å². The zero-order valence-electron chi connectivity index (χ0n) is 17.9. The Balaban J connectivity index is 1.84. The summed E-state index contributed by atoms with van der Waals surface area (Å²) < 4.78 is 10.7. The summed E-state index contributed by atoms with van der Waals surface area (Å²) in [6, 6.07) is 15.0. The molecule has 2 heterocycles. The number of pyridine rings is 1. The molecule has 1 N–H and O–H groups in total. The van der Waals surface area contributed by atoms with Crippen LogP contribution in [-0.2, 0) is 9.53 Å². The highest BCUT2D eigenvalue weighted by molar-refractivity contribution is 6.15. The van der Waals surface area contributed by atoms with E-state index in [1.165, 1.54) is 0 Å². The molecular weight excluding hydrogens is 392 g/mol. The Hall–Kier alpha value is -3.41. The largest absolute Gasteiger partial charge is 0.497 e. The molecule has 0 bridgehead atoms. The van der Waals surface area contributed by atoms with Gasteiger partial charge in [-0.1, -0.05) is 30.3 Å². The Bertz CT molecular complexity index is 1100. The number of ketones is 1. The van der Waals surface area contributed by atoms with Crippen LogP contribution in [0.1, 0.15) is 35.7 Å². The summed E-state index contributed by atoms with van der Waals surface area (Å²) in [6.45, 7) is 3.47. The van der Waals surface area contributed by atoms with Crippen LogP contribution in [-0.4, -0.2) is 38.6 Å². The molecule has 1 atom stereocenters. The van der Waals surface area contributed by atoms with Crippen molar-refractivity contribution in [3.05, 3.63) is 65.9 Å². The van der Waals surface area contributed by atoms with Crippen LogP contribution in [0.25, 0.3) is 10.9 Å². The van der Waals surface area contributed by atoms with Crippen molar-refractivity contribution < 1.29 is 24.0 Å². The summed E-state index contributed by atoms with van der Waals surface area (Å²) >= 11 is 0. The molecular formula is C25H27N2O4+. The van der Waals surface area contributed by atoms with Crippen LogP contribution in [0.15, 0.2) is 54.7 Å². The fraction of sp³-hybridized carbons (Fsp3) is 0.320. The first kappa shape index (κ1) is 20.8. The van der Waals surface area contributed by atoms with Crippen LogP contribution in [0, 0.1) is 5.92 Å². The number of benzene rings is 2. The first-order valence-corrected chi connectivity index (χ1v) is 10.7. The molecule has 31 heavy (non-hydrogen) atoms. The van der Waals surface area contributed by atoms with E-state index in [1.54, 1.807) is 13.3 Å². The van der Waals surface area contributed by atoms with E-state index in [-0.39, 0.29) is 17.7 Å². The molecule has 4 rings (SSSR count). The smallest absolute Gasteiger partial charge is 0.310 e. The number of methoxy groups -OCH3 is 1. The van der Waals surface area contributed by atoms with Crippen molar-refractivity contribution in [1.82, 2.24) is 0 Å². The zero-order chi connectivity index (χ0) is 21.8. The third-order valence-corrected chi connectivity index (χ3v) is 5.75. The van der Waals surface area contributed by atoms with Crippen LogP contribution < -0.4 is 14.6 Å². The van der Waals surface area contributed by atoms with Gasteiger partial charge in [-0.15, -0.1) is 0 Å². The Morgan fingerprint density at radius 1 is 1.16 bits per heavy atom. The van der Waals surface area contributed by atoms with Crippen molar-refractivity contribution in [3.8, 4) is 5.75 Å². The van der Waals surface area contributed by atoms with Crippen molar-refractivity contribution in [2.75, 3.05) is 31.7 Å². The van der Waals surface area contributed by atoms with E-state index < -0.39 is 0 Å². The number of hydrogen-bond donors (Lipinski definition) is 0. The molecule has 0 amide bonds. The molecule has 0 radical (unpaired) electrons. The van der Waals surface area contributed by atoms with Gasteiger partial charge in [0.2, 0.25) is 11.3 Å². The molecule has 1 aromatic heterocycles. The van der Waals surface area contributed by atoms with E-state index in [1.807, 2.05) is 55.5 Å². The third kappa shape index (κ3) is 4.24. The number of carbonyl (C=O) groups is 2. The number of nitrogens with zero attached hydrogens (tertiary/aromatic N) is 1. The van der Waals surface area contributed by atoms with E-state index in [0.29, 0.717) is 30.0 Å². The number of piperidine rings is 1. The summed E-state index contributed by atoms with van der Waals surface area (Å²) in [4.78, 5) is 31.3. The third-order valence-electron chi connectivity index (χ3n) is 5.75. The number of ether oxygens (including phenoxy) is 2. The molecule has 1 fully saturated rings. The molecule has 0 saturated carbocycles. The second-order valence-electron chi connectivity index (χ2n) is 7.69. The second kappa shape index (κ2) is 9.16. The Morgan fingerprint density at radius 3 is 2.71 bits per heavy atom. The predicted octanol–water partition coefficient (Wildman–Crippen LogP) is 3.67. The summed E-state index contributed by atoms with van der Waals surface area (Å²) in [7, 11) is 1.63. The maximum Gasteiger partial charge on any atom is 0.310 e. The molecule has 3 aromatic rings. The highest BCUT2D eigenvalue weighted by atomic mass is 16.5. The minimum absolute atomic E-state index is 0.0603. The van der Waals surface area contributed by atoms with Crippen molar-refractivity contribution in [1.29, 1.82) is 0 Å². The Kier molecular flexibility index (Phi) is 6.16. The first-order valence-electron chi connectivity index (χ1n) is 10.7. The van der Waals surface area contributed by atoms with Gasteiger partial charge in [-0.2, -0.15) is 0 Å². The molecule has 160 valence electrons. The molecule has 0 unspecified atom stereocenters. The number of carbonyl (C=O) groups excluding carboxylic acids is 2. The molecule has 6 heteroatoms. The van der Waals surface area contributed by atoms with E-state index in [2.05, 4.69) is 9.88 Å². The second-order valence-corrected chi connectivity index (χ2v) is 7.69. The van der Waals surface area contributed by atoms with Crippen molar-refractivity contribution >= 4 is 28.3 Å². The van der Waals surface area contributed by atoms with Gasteiger partial charge in [-0.3, -0.25) is 9.59 Å². The van der Waals surface area contributed by atoms with Crippen LogP contribution in [0.2, 0.25) is 0 Å². The van der Waals surface area contributed by atoms with Gasteiger partial charge in [0.1, 0.15) is 11.3 Å². The number of hydrogen-bond acceptors (Lipinski definition) is 5. The highest BCUT2D eigenvalue weighted by Gasteiger charge is 2.31. The number of fused-ring (bicyclic) bond motifs is 1. The van der Waals surface area contributed by atoms with E-state index in [0.717, 1.165) is 36.0 Å². The number of aromatic nitrogens is 1. The Labute approximate surface area is 181 Å². The van der Waals surface area contributed by atoms with E-state index in [4.69, 9.17) is 9.47 Å². The number of aromatic amines is 1. The number of H-pyrrole nitrogens is 1. The van der Waals surface area contributed by atoms with Crippen molar-refractivity contribution in [3.63, 3.8) is 0 Å². The SMILES string of the molecule is CCOC(=O)[C@@H]1CCCN(c2c(C(=O)c3ccccc3)c[nH+]c3ccc(OC)cc23)C1. The van der Waals surface area contributed by atoms with Gasteiger partial charge >= 0.3 is 5.97 Å². The highest BCUT2D eigenvalue weighted by Crippen LogP contribution is 2.35. The minimum Gasteiger partial charge on any atom is -0.497 e. The van der Waals surface area contributed by atoms with Gasteiger partial charge in [0.05, 0.1) is 30.7 Å². The monoisotopic (exact) mass is 419 g/mol. The van der Waals surface area contributed by atoms with Gasteiger partial charge in [0, 0.05) is 24.7 Å². The lowest BCUT2D eigenvalue weighted by atomic mass is 9.94. The quantitative estimate of drug-likeness (QED) is 0.450. The maximum atomic E-state index is 13.5. The lowest BCUT2D eigenvalue weighted by Crippen LogP contribution is -2.40. The lowest BCUT2D eigenvalue weighted by molar-refractivity contribution is -0.344. The predicted molar refractivity (Wildman–Crippen MR) is 119 cm³/mol. The fourth-order valence-corrected chi connectivity index (χ4v) is 4.23. The van der Waals surface area contributed by atoms with Gasteiger partial charge in [-0.05, 0) is 31.9 Å². The van der Waals surface area contributed by atoms with E-state index in [9.17, 15) is 9.59 Å². The maximum absolute atomic E-state index is 13.5. The summed E-state index contributed by atoms with van der Waals surface area (Å²) in [5, 5.41) is 0.894. The average Bonchev–Trinajstić information content (AvgIpc) is 2.83. The summed E-state index contributed by atoms with van der Waals surface area (Å²) in [5.74, 6) is 0.269. The topological polar surface area (TPSA) is 70.0 Å². The van der Waals surface area contributed by atoms with Gasteiger partial charge in [0.25, 0.3) is 0 Å². The first-order chi connectivity index (χ1) is 15.1. The van der Waals surface area contributed by atoms with Crippen molar-refractivity contribution in [2.45, 2.75) is 19.8 Å². The van der Waals surface area contributed by atoms with Crippen LogP contribution in [0.3, 0.4) is 0 Å². The molecule has 6 nitrogen and oxygen atoms in total. The lowest BCUT2D eigenvalue weighted by Gasteiger charge is -2.34. The molecule has 0 spiro atoms. The van der Waals surface area contributed by atoms with Crippen LogP contribution >= 0.6 is 0 Å². The molecule has 0 aliphatic carbocycles. The van der Waals surface area contributed by atoms with Gasteiger partial charge < -0.3 is 14.4 Å². The molecule has 1 aliphatic heterocycles. The standard InChI is InChI=1S/C25H26N2O4/c1-3-31-25(29)18-10-7-13-27(16-18)23-20-14-19(30-2)11-12-22(20)26-15-21(23)24(28)17-8-5-4-6-9-17/h4-6,8-9,11-12,14-15,18H,3,7,10,13,16H2,1-2H3/p+1/t18-/m1/s1. The van der Waals surface area contributed by atoms with Crippen LogP contribution in [0.5, 0.6) is 5.75 Å². The van der Waals surface area contributed by atoms with Crippen LogP contribution in [0.4, 0.5) is 5.69 Å². The molecule has 1 aliphatic rings.